The standard InChI is InChI=1S/C13H14FN3O/c14-11-4-2-10(3-5-11)12-6-7-13(17-16-12)15-8-1-9-18/h2-7,18H,1,8-9H2,(H,15,17). The maximum Gasteiger partial charge on any atom is 0.148 e. The fraction of sp³-hybridized carbons (Fsp3) is 0.231. The van der Waals surface area contributed by atoms with Gasteiger partial charge in [0.25, 0.3) is 0 Å². The molecule has 2 N–H and O–H groups in total. The number of hydrogen-bond donors (Lipinski definition) is 2. The minimum absolute atomic E-state index is 0.147. The SMILES string of the molecule is OCCCNc1ccc(-c2ccc(F)cc2)nn1. The largest absolute Gasteiger partial charge is 0.396 e. The third-order valence-corrected chi connectivity index (χ3v) is 2.45. The van der Waals surface area contributed by atoms with E-state index >= 15 is 0 Å². The normalized spacial score (nSPS) is 10.3. The molecular weight excluding hydrogens is 233 g/mol. The predicted octanol–water partition coefficient (Wildman–Crippen LogP) is 2.08. The molecule has 1 heterocycles. The van der Waals surface area contributed by atoms with Crippen LogP contribution in [0.5, 0.6) is 0 Å². The minimum atomic E-state index is -0.269. The molecule has 94 valence electrons. The second-order valence-corrected chi connectivity index (χ2v) is 3.81. The van der Waals surface area contributed by atoms with Gasteiger partial charge in [-0.05, 0) is 42.8 Å². The molecule has 2 aromatic rings. The maximum absolute atomic E-state index is 12.8. The van der Waals surface area contributed by atoms with Gasteiger partial charge in [-0.15, -0.1) is 10.2 Å². The molecule has 0 aliphatic heterocycles. The fourth-order valence-electron chi connectivity index (χ4n) is 1.50. The maximum atomic E-state index is 12.8. The van der Waals surface area contributed by atoms with Crippen molar-refractivity contribution in [3.63, 3.8) is 0 Å². The number of anilines is 1. The Balaban J connectivity index is 2.05. The molecule has 1 aromatic carbocycles. The zero-order chi connectivity index (χ0) is 12.8. The molecule has 18 heavy (non-hydrogen) atoms. The lowest BCUT2D eigenvalue weighted by Crippen LogP contribution is -2.05. The lowest BCUT2D eigenvalue weighted by atomic mass is 10.1. The van der Waals surface area contributed by atoms with Gasteiger partial charge in [0, 0.05) is 18.7 Å². The minimum Gasteiger partial charge on any atom is -0.396 e. The summed E-state index contributed by atoms with van der Waals surface area (Å²) in [5.74, 6) is 0.392. The molecule has 4 nitrogen and oxygen atoms in total. The van der Waals surface area contributed by atoms with Gasteiger partial charge in [-0.1, -0.05) is 0 Å². The zero-order valence-corrected chi connectivity index (χ0v) is 9.81. The molecule has 0 fully saturated rings. The average molecular weight is 247 g/mol. The van der Waals surface area contributed by atoms with Crippen molar-refractivity contribution in [2.75, 3.05) is 18.5 Å². The van der Waals surface area contributed by atoms with Crippen LogP contribution in [0.15, 0.2) is 36.4 Å². The van der Waals surface area contributed by atoms with Crippen molar-refractivity contribution in [1.82, 2.24) is 10.2 Å². The Morgan fingerprint density at radius 3 is 2.44 bits per heavy atom. The first-order chi connectivity index (χ1) is 8.79. The lowest BCUT2D eigenvalue weighted by Gasteiger charge is -2.04. The quantitative estimate of drug-likeness (QED) is 0.794. The summed E-state index contributed by atoms with van der Waals surface area (Å²) in [7, 11) is 0. The number of nitrogens with one attached hydrogen (secondary N) is 1. The molecule has 2 rings (SSSR count). The zero-order valence-electron chi connectivity index (χ0n) is 9.81. The molecule has 0 aliphatic rings. The molecule has 0 saturated carbocycles. The monoisotopic (exact) mass is 247 g/mol. The Morgan fingerprint density at radius 1 is 1.06 bits per heavy atom. The second kappa shape index (κ2) is 6.07. The number of aromatic nitrogens is 2. The molecule has 0 atom stereocenters. The van der Waals surface area contributed by atoms with Crippen LogP contribution in [0, 0.1) is 5.82 Å². The summed E-state index contributed by atoms with van der Waals surface area (Å²) >= 11 is 0. The first-order valence-electron chi connectivity index (χ1n) is 5.74. The van der Waals surface area contributed by atoms with Gasteiger partial charge in [0.05, 0.1) is 5.69 Å². The van der Waals surface area contributed by atoms with Gasteiger partial charge in [-0.25, -0.2) is 4.39 Å². The highest BCUT2D eigenvalue weighted by Crippen LogP contribution is 2.17. The van der Waals surface area contributed by atoms with E-state index in [0.717, 1.165) is 5.56 Å². The number of aliphatic hydroxyl groups is 1. The Morgan fingerprint density at radius 2 is 1.83 bits per heavy atom. The first-order valence-corrected chi connectivity index (χ1v) is 5.74. The molecule has 0 amide bonds. The van der Waals surface area contributed by atoms with Gasteiger partial charge in [-0.3, -0.25) is 0 Å². The summed E-state index contributed by atoms with van der Waals surface area (Å²) in [5.41, 5.74) is 1.52. The van der Waals surface area contributed by atoms with Crippen molar-refractivity contribution in [3.8, 4) is 11.3 Å². The van der Waals surface area contributed by atoms with E-state index in [9.17, 15) is 4.39 Å². The molecule has 0 saturated heterocycles. The van der Waals surface area contributed by atoms with Crippen LogP contribution in [0.1, 0.15) is 6.42 Å². The highest BCUT2D eigenvalue weighted by atomic mass is 19.1. The van der Waals surface area contributed by atoms with E-state index in [2.05, 4.69) is 15.5 Å². The van der Waals surface area contributed by atoms with Gasteiger partial charge < -0.3 is 10.4 Å². The summed E-state index contributed by atoms with van der Waals surface area (Å²) in [6.45, 7) is 0.801. The third-order valence-electron chi connectivity index (χ3n) is 2.45. The van der Waals surface area contributed by atoms with Gasteiger partial charge in [0.1, 0.15) is 11.6 Å². The molecule has 0 spiro atoms. The molecule has 0 radical (unpaired) electrons. The lowest BCUT2D eigenvalue weighted by molar-refractivity contribution is 0.292. The van der Waals surface area contributed by atoms with Gasteiger partial charge in [-0.2, -0.15) is 0 Å². The molecule has 0 unspecified atom stereocenters. The number of benzene rings is 1. The predicted molar refractivity (Wildman–Crippen MR) is 67.6 cm³/mol. The van der Waals surface area contributed by atoms with Gasteiger partial charge in [0.15, 0.2) is 0 Å². The molecule has 0 aliphatic carbocycles. The fourth-order valence-corrected chi connectivity index (χ4v) is 1.50. The van der Waals surface area contributed by atoms with E-state index in [0.29, 0.717) is 24.5 Å². The number of halogens is 1. The number of rotatable bonds is 5. The van der Waals surface area contributed by atoms with E-state index in [-0.39, 0.29) is 12.4 Å². The second-order valence-electron chi connectivity index (χ2n) is 3.81. The summed E-state index contributed by atoms with van der Waals surface area (Å²) in [5, 5.41) is 19.8. The van der Waals surface area contributed by atoms with Crippen LogP contribution >= 0.6 is 0 Å². The van der Waals surface area contributed by atoms with Crippen molar-refractivity contribution in [2.45, 2.75) is 6.42 Å². The summed E-state index contributed by atoms with van der Waals surface area (Å²) < 4.78 is 12.8. The highest BCUT2D eigenvalue weighted by Gasteiger charge is 2.01. The van der Waals surface area contributed by atoms with Gasteiger partial charge >= 0.3 is 0 Å². The Hall–Kier alpha value is -2.01. The van der Waals surface area contributed by atoms with Crippen molar-refractivity contribution in [1.29, 1.82) is 0 Å². The summed E-state index contributed by atoms with van der Waals surface area (Å²) in [6, 6.07) is 9.75. The Kier molecular flexibility index (Phi) is 4.20. The van der Waals surface area contributed by atoms with Crippen LogP contribution in [0.25, 0.3) is 11.3 Å². The van der Waals surface area contributed by atoms with E-state index in [4.69, 9.17) is 5.11 Å². The Labute approximate surface area is 105 Å². The first kappa shape index (κ1) is 12.4. The van der Waals surface area contributed by atoms with Crippen molar-refractivity contribution >= 4 is 5.82 Å². The third kappa shape index (κ3) is 3.24. The van der Waals surface area contributed by atoms with E-state index in [1.54, 1.807) is 12.1 Å². The van der Waals surface area contributed by atoms with Crippen LogP contribution in [0.2, 0.25) is 0 Å². The van der Waals surface area contributed by atoms with E-state index < -0.39 is 0 Å². The highest BCUT2D eigenvalue weighted by molar-refractivity contribution is 5.59. The molecule has 1 aromatic heterocycles. The number of aliphatic hydroxyl groups excluding tert-OH is 1. The summed E-state index contributed by atoms with van der Waals surface area (Å²) in [4.78, 5) is 0. The molecule has 5 heteroatoms. The van der Waals surface area contributed by atoms with Crippen LogP contribution in [-0.4, -0.2) is 28.5 Å². The smallest absolute Gasteiger partial charge is 0.148 e. The van der Waals surface area contributed by atoms with Crippen LogP contribution in [-0.2, 0) is 0 Å². The van der Waals surface area contributed by atoms with Crippen LogP contribution < -0.4 is 5.32 Å². The Bertz CT molecular complexity index is 485. The van der Waals surface area contributed by atoms with E-state index in [1.165, 1.54) is 12.1 Å². The molecular formula is C13H14FN3O. The van der Waals surface area contributed by atoms with Crippen molar-refractivity contribution in [3.05, 3.63) is 42.2 Å². The van der Waals surface area contributed by atoms with E-state index in [1.807, 2.05) is 12.1 Å². The topological polar surface area (TPSA) is 58.0 Å². The summed E-state index contributed by atoms with van der Waals surface area (Å²) in [6.07, 6.45) is 0.668. The van der Waals surface area contributed by atoms with Crippen LogP contribution in [0.4, 0.5) is 10.2 Å². The molecule has 0 bridgehead atoms. The van der Waals surface area contributed by atoms with Crippen molar-refractivity contribution < 1.29 is 9.50 Å². The number of hydrogen-bond acceptors (Lipinski definition) is 4. The van der Waals surface area contributed by atoms with Crippen molar-refractivity contribution in [2.24, 2.45) is 0 Å². The van der Waals surface area contributed by atoms with Gasteiger partial charge in [0.2, 0.25) is 0 Å². The average Bonchev–Trinajstić information content (AvgIpc) is 2.41. The number of nitrogens with zero attached hydrogens (tertiary/aromatic N) is 2. The van der Waals surface area contributed by atoms with Crippen LogP contribution in [0.3, 0.4) is 0 Å².